The van der Waals surface area contributed by atoms with Crippen molar-refractivity contribution in [2.45, 2.75) is 39.2 Å². The lowest BCUT2D eigenvalue weighted by atomic mass is 10.1. The molecule has 128 valence electrons. The number of piperidine rings is 1. The zero-order chi connectivity index (χ0) is 15.8. The molecule has 1 aliphatic heterocycles. The van der Waals surface area contributed by atoms with Gasteiger partial charge in [-0.15, -0.1) is 24.0 Å². The fourth-order valence-corrected chi connectivity index (χ4v) is 2.31. The molecule has 23 heavy (non-hydrogen) atoms. The predicted molar refractivity (Wildman–Crippen MR) is 103 cm³/mol. The quantitative estimate of drug-likeness (QED) is 0.374. The fourth-order valence-electron chi connectivity index (χ4n) is 2.31. The third-order valence-electron chi connectivity index (χ3n) is 3.59. The van der Waals surface area contributed by atoms with Crippen LogP contribution < -0.4 is 16.0 Å². The third-order valence-corrected chi connectivity index (χ3v) is 3.59. The van der Waals surface area contributed by atoms with Crippen LogP contribution in [-0.4, -0.2) is 42.5 Å². The van der Waals surface area contributed by atoms with Crippen LogP contribution in [0, 0.1) is 6.92 Å². The first-order chi connectivity index (χ1) is 10.7. The van der Waals surface area contributed by atoms with Crippen molar-refractivity contribution >= 4 is 35.8 Å². The van der Waals surface area contributed by atoms with E-state index in [2.05, 4.69) is 32.0 Å². The molecule has 0 spiro atoms. The molecule has 2 rings (SSSR count). The van der Waals surface area contributed by atoms with Gasteiger partial charge in [0.2, 0.25) is 5.91 Å². The molecule has 1 fully saturated rings. The number of aliphatic imine (C=N–C) groups is 1. The number of nitrogens with zero attached hydrogens (tertiary/aromatic N) is 2. The molecule has 1 amide bonds. The molecule has 1 saturated heterocycles. The highest BCUT2D eigenvalue weighted by atomic mass is 127. The highest BCUT2D eigenvalue weighted by Crippen LogP contribution is 2.03. The summed E-state index contributed by atoms with van der Waals surface area (Å²) in [7, 11) is 0. The van der Waals surface area contributed by atoms with Crippen molar-refractivity contribution in [1.82, 2.24) is 20.9 Å². The third kappa shape index (κ3) is 7.15. The molecule has 0 aromatic carbocycles. The van der Waals surface area contributed by atoms with Gasteiger partial charge in [0.05, 0.1) is 0 Å². The van der Waals surface area contributed by atoms with E-state index < -0.39 is 0 Å². The second-order valence-electron chi connectivity index (χ2n) is 5.50. The molecule has 3 N–H and O–H groups in total. The van der Waals surface area contributed by atoms with Crippen molar-refractivity contribution < 1.29 is 4.79 Å². The SMILES string of the molecule is CCNC(=NCCc1ccc(C)nc1)NC1CCC(=O)NC1.I. The lowest BCUT2D eigenvalue weighted by Gasteiger charge is -2.25. The van der Waals surface area contributed by atoms with Gasteiger partial charge in [-0.1, -0.05) is 6.07 Å². The second kappa shape index (κ2) is 10.4. The van der Waals surface area contributed by atoms with E-state index in [1.165, 1.54) is 5.56 Å². The maximum absolute atomic E-state index is 11.2. The zero-order valence-corrected chi connectivity index (χ0v) is 16.1. The molecular formula is C16H26IN5O. The molecule has 2 heterocycles. The van der Waals surface area contributed by atoms with E-state index in [9.17, 15) is 4.79 Å². The largest absolute Gasteiger partial charge is 0.357 e. The zero-order valence-electron chi connectivity index (χ0n) is 13.8. The number of hydrogen-bond acceptors (Lipinski definition) is 3. The molecular weight excluding hydrogens is 405 g/mol. The van der Waals surface area contributed by atoms with Gasteiger partial charge in [0.1, 0.15) is 0 Å². The van der Waals surface area contributed by atoms with Gasteiger partial charge in [0, 0.05) is 44.0 Å². The molecule has 0 radical (unpaired) electrons. The molecule has 1 aromatic heterocycles. The topological polar surface area (TPSA) is 78.4 Å². The number of carbonyl (C=O) groups is 1. The molecule has 1 unspecified atom stereocenters. The van der Waals surface area contributed by atoms with Gasteiger partial charge in [-0.2, -0.15) is 0 Å². The Bertz CT molecular complexity index is 508. The summed E-state index contributed by atoms with van der Waals surface area (Å²) in [6, 6.07) is 4.36. The van der Waals surface area contributed by atoms with Crippen molar-refractivity contribution in [3.63, 3.8) is 0 Å². The number of pyridine rings is 1. The molecule has 1 atom stereocenters. The summed E-state index contributed by atoms with van der Waals surface area (Å²) in [6.07, 6.45) is 4.19. The molecule has 1 aromatic rings. The number of amides is 1. The van der Waals surface area contributed by atoms with E-state index in [0.717, 1.165) is 31.0 Å². The van der Waals surface area contributed by atoms with Crippen molar-refractivity contribution in [1.29, 1.82) is 0 Å². The molecule has 0 aliphatic carbocycles. The van der Waals surface area contributed by atoms with E-state index in [4.69, 9.17) is 0 Å². The Balaban J connectivity index is 0.00000264. The van der Waals surface area contributed by atoms with Gasteiger partial charge < -0.3 is 16.0 Å². The Morgan fingerprint density at radius 1 is 1.48 bits per heavy atom. The van der Waals surface area contributed by atoms with Crippen LogP contribution in [0.25, 0.3) is 0 Å². The van der Waals surface area contributed by atoms with E-state index in [0.29, 0.717) is 19.5 Å². The van der Waals surface area contributed by atoms with Crippen LogP contribution in [0.4, 0.5) is 0 Å². The molecule has 0 bridgehead atoms. The molecule has 6 nitrogen and oxygen atoms in total. The first-order valence-corrected chi connectivity index (χ1v) is 7.90. The van der Waals surface area contributed by atoms with Crippen LogP contribution in [0.3, 0.4) is 0 Å². The Morgan fingerprint density at radius 3 is 2.91 bits per heavy atom. The molecule has 0 saturated carbocycles. The summed E-state index contributed by atoms with van der Waals surface area (Å²) in [5.41, 5.74) is 2.22. The number of aromatic nitrogens is 1. The van der Waals surface area contributed by atoms with Crippen LogP contribution in [0.5, 0.6) is 0 Å². The van der Waals surface area contributed by atoms with E-state index in [1.54, 1.807) is 0 Å². The van der Waals surface area contributed by atoms with Gasteiger partial charge in [-0.3, -0.25) is 14.8 Å². The second-order valence-corrected chi connectivity index (χ2v) is 5.50. The smallest absolute Gasteiger partial charge is 0.220 e. The maximum Gasteiger partial charge on any atom is 0.220 e. The van der Waals surface area contributed by atoms with Crippen LogP contribution in [0.15, 0.2) is 23.3 Å². The van der Waals surface area contributed by atoms with Crippen molar-refractivity contribution in [2.24, 2.45) is 4.99 Å². The number of rotatable bonds is 5. The number of guanidine groups is 1. The average molecular weight is 431 g/mol. The average Bonchev–Trinajstić information content (AvgIpc) is 2.52. The van der Waals surface area contributed by atoms with E-state index in [1.807, 2.05) is 26.1 Å². The summed E-state index contributed by atoms with van der Waals surface area (Å²) in [5.74, 6) is 0.940. The lowest BCUT2D eigenvalue weighted by molar-refractivity contribution is -0.122. The number of halogens is 1. The van der Waals surface area contributed by atoms with Gasteiger partial charge in [0.15, 0.2) is 5.96 Å². The van der Waals surface area contributed by atoms with Gasteiger partial charge >= 0.3 is 0 Å². The van der Waals surface area contributed by atoms with E-state index in [-0.39, 0.29) is 35.9 Å². The predicted octanol–water partition coefficient (Wildman–Crippen LogP) is 1.38. The first kappa shape index (κ1) is 19.7. The Morgan fingerprint density at radius 2 is 2.30 bits per heavy atom. The molecule has 1 aliphatic rings. The fraction of sp³-hybridized carbons (Fsp3) is 0.562. The number of nitrogens with one attached hydrogen (secondary N) is 3. The summed E-state index contributed by atoms with van der Waals surface area (Å²) in [5, 5.41) is 9.50. The highest BCUT2D eigenvalue weighted by molar-refractivity contribution is 14.0. The Labute approximate surface area is 155 Å². The first-order valence-electron chi connectivity index (χ1n) is 7.90. The monoisotopic (exact) mass is 431 g/mol. The van der Waals surface area contributed by atoms with Gasteiger partial charge in [-0.05, 0) is 38.3 Å². The standard InChI is InChI=1S/C16H25N5O.HI/c1-3-17-16(21-14-6-7-15(22)20-11-14)18-9-8-13-5-4-12(2)19-10-13;/h4-5,10,14H,3,6-9,11H2,1-2H3,(H,20,22)(H2,17,18,21);1H. The van der Waals surface area contributed by atoms with Crippen molar-refractivity contribution in [2.75, 3.05) is 19.6 Å². The minimum Gasteiger partial charge on any atom is -0.357 e. The summed E-state index contributed by atoms with van der Waals surface area (Å²) in [4.78, 5) is 20.1. The van der Waals surface area contributed by atoms with Crippen LogP contribution >= 0.6 is 24.0 Å². The van der Waals surface area contributed by atoms with Crippen LogP contribution in [-0.2, 0) is 11.2 Å². The van der Waals surface area contributed by atoms with Gasteiger partial charge in [-0.25, -0.2) is 0 Å². The van der Waals surface area contributed by atoms with Crippen molar-refractivity contribution in [3.05, 3.63) is 29.6 Å². The number of aryl methyl sites for hydroxylation is 1. The highest BCUT2D eigenvalue weighted by Gasteiger charge is 2.18. The Hall–Kier alpha value is -1.38. The minimum absolute atomic E-state index is 0. The van der Waals surface area contributed by atoms with E-state index >= 15 is 0 Å². The minimum atomic E-state index is 0. The maximum atomic E-state index is 11.2. The normalized spacial score (nSPS) is 17.9. The van der Waals surface area contributed by atoms with Crippen LogP contribution in [0.1, 0.15) is 31.0 Å². The molecule has 7 heteroatoms. The summed E-state index contributed by atoms with van der Waals surface area (Å²) < 4.78 is 0. The van der Waals surface area contributed by atoms with Crippen LogP contribution in [0.2, 0.25) is 0 Å². The van der Waals surface area contributed by atoms with Crippen molar-refractivity contribution in [3.8, 4) is 0 Å². The Kier molecular flexibility index (Phi) is 8.90. The summed E-state index contributed by atoms with van der Waals surface area (Å²) in [6.45, 7) is 6.21. The number of carbonyl (C=O) groups excluding carboxylic acids is 1. The lowest BCUT2D eigenvalue weighted by Crippen LogP contribution is -2.51. The summed E-state index contributed by atoms with van der Waals surface area (Å²) >= 11 is 0. The van der Waals surface area contributed by atoms with Gasteiger partial charge in [0.25, 0.3) is 0 Å². The number of hydrogen-bond donors (Lipinski definition) is 3.